The normalized spacial score (nSPS) is 10.7. The topological polar surface area (TPSA) is 102 Å². The van der Waals surface area contributed by atoms with E-state index < -0.39 is 4.92 Å². The zero-order valence-corrected chi connectivity index (χ0v) is 15.9. The van der Waals surface area contributed by atoms with Gasteiger partial charge in [0.15, 0.2) is 0 Å². The number of nitro groups is 1. The Morgan fingerprint density at radius 1 is 1.37 bits per heavy atom. The Labute approximate surface area is 163 Å². The molecule has 3 rings (SSSR count). The zero-order valence-electron chi connectivity index (χ0n) is 14.3. The van der Waals surface area contributed by atoms with Crippen molar-refractivity contribution in [2.75, 3.05) is 7.05 Å². The number of benzene rings is 1. The summed E-state index contributed by atoms with van der Waals surface area (Å²) in [7, 11) is 1.61. The van der Waals surface area contributed by atoms with Crippen LogP contribution in [0.5, 0.6) is 0 Å². The molecule has 2 heterocycles. The molecule has 0 aliphatic rings. The van der Waals surface area contributed by atoms with Crippen LogP contribution < -0.4 is 0 Å². The summed E-state index contributed by atoms with van der Waals surface area (Å²) in [6.07, 6.45) is 0.483. The number of hydrogen-bond donors (Lipinski definition) is 0. The van der Waals surface area contributed by atoms with Crippen molar-refractivity contribution in [1.29, 1.82) is 0 Å². The molecule has 0 spiro atoms. The summed E-state index contributed by atoms with van der Waals surface area (Å²) in [4.78, 5) is 24.2. The van der Waals surface area contributed by atoms with E-state index in [1.54, 1.807) is 7.05 Å². The molecule has 0 unspecified atom stereocenters. The molecule has 2 aromatic heterocycles. The number of aromatic nitrogens is 2. The average molecular weight is 407 g/mol. The summed E-state index contributed by atoms with van der Waals surface area (Å²) >= 11 is 7.61. The Kier molecular flexibility index (Phi) is 5.82. The van der Waals surface area contributed by atoms with E-state index in [4.69, 9.17) is 16.0 Å². The Balaban J connectivity index is 1.58. The maximum atomic E-state index is 12.3. The van der Waals surface area contributed by atoms with Crippen LogP contribution in [0.25, 0.3) is 11.5 Å². The number of rotatable bonds is 7. The van der Waals surface area contributed by atoms with E-state index in [1.165, 1.54) is 34.4 Å². The predicted octanol–water partition coefficient (Wildman–Crippen LogP) is 3.95. The lowest BCUT2D eigenvalue weighted by Crippen LogP contribution is -2.26. The number of non-ortho nitro benzene ring substituents is 1. The summed E-state index contributed by atoms with van der Waals surface area (Å²) in [5, 5.41) is 23.0. The number of carbonyl (C=O) groups excluding carboxylic acids is 1. The van der Waals surface area contributed by atoms with E-state index in [0.29, 0.717) is 28.8 Å². The van der Waals surface area contributed by atoms with Crippen molar-refractivity contribution >= 4 is 34.5 Å². The molecule has 3 aromatic rings. The fourth-order valence-electron chi connectivity index (χ4n) is 2.40. The molecular weight excluding hydrogens is 392 g/mol. The molecule has 8 nitrogen and oxygen atoms in total. The summed E-state index contributed by atoms with van der Waals surface area (Å²) in [6, 6.07) is 6.03. The number of thiophene rings is 1. The number of nitro benzene ring substituents is 1. The lowest BCUT2D eigenvalue weighted by atomic mass is 10.2. The van der Waals surface area contributed by atoms with Gasteiger partial charge in [0.1, 0.15) is 0 Å². The van der Waals surface area contributed by atoms with Gasteiger partial charge in [-0.25, -0.2) is 0 Å². The first kappa shape index (κ1) is 19.0. The van der Waals surface area contributed by atoms with Crippen molar-refractivity contribution in [2.45, 2.75) is 19.4 Å². The summed E-state index contributed by atoms with van der Waals surface area (Å²) in [6.45, 7) is 0.170. The van der Waals surface area contributed by atoms with Gasteiger partial charge < -0.3 is 9.32 Å². The molecule has 0 aliphatic heterocycles. The molecule has 140 valence electrons. The van der Waals surface area contributed by atoms with Crippen LogP contribution in [-0.2, 0) is 17.8 Å². The second-order valence-electron chi connectivity index (χ2n) is 5.80. The minimum Gasteiger partial charge on any atom is -0.421 e. The van der Waals surface area contributed by atoms with Gasteiger partial charge in [0.25, 0.3) is 5.69 Å². The van der Waals surface area contributed by atoms with Gasteiger partial charge in [-0.3, -0.25) is 14.9 Å². The van der Waals surface area contributed by atoms with E-state index in [2.05, 4.69) is 10.2 Å². The van der Waals surface area contributed by atoms with E-state index >= 15 is 0 Å². The largest absolute Gasteiger partial charge is 0.421 e. The van der Waals surface area contributed by atoms with Crippen molar-refractivity contribution in [1.82, 2.24) is 15.1 Å². The second-order valence-corrected chi connectivity index (χ2v) is 6.98. The van der Waals surface area contributed by atoms with Crippen LogP contribution in [0.15, 0.2) is 39.4 Å². The van der Waals surface area contributed by atoms with Crippen molar-refractivity contribution in [3.8, 4) is 11.5 Å². The average Bonchev–Trinajstić information content (AvgIpc) is 3.32. The Morgan fingerprint density at radius 3 is 2.89 bits per heavy atom. The monoisotopic (exact) mass is 406 g/mol. The van der Waals surface area contributed by atoms with Crippen LogP contribution >= 0.6 is 22.9 Å². The summed E-state index contributed by atoms with van der Waals surface area (Å²) < 4.78 is 5.56. The molecule has 0 bridgehead atoms. The highest BCUT2D eigenvalue weighted by Crippen LogP contribution is 2.24. The Morgan fingerprint density at radius 2 is 2.19 bits per heavy atom. The van der Waals surface area contributed by atoms with Crippen molar-refractivity contribution < 1.29 is 14.1 Å². The second kappa shape index (κ2) is 8.28. The van der Waals surface area contributed by atoms with Gasteiger partial charge in [-0.2, -0.15) is 11.3 Å². The van der Waals surface area contributed by atoms with Crippen molar-refractivity contribution in [3.05, 3.63) is 61.6 Å². The predicted molar refractivity (Wildman–Crippen MR) is 101 cm³/mol. The maximum absolute atomic E-state index is 12.3. The quantitative estimate of drug-likeness (QED) is 0.434. The van der Waals surface area contributed by atoms with Gasteiger partial charge in [0, 0.05) is 54.5 Å². The molecule has 1 aromatic carbocycles. The van der Waals surface area contributed by atoms with Crippen LogP contribution in [0.4, 0.5) is 5.69 Å². The first-order chi connectivity index (χ1) is 12.9. The molecule has 0 aliphatic carbocycles. The Hall–Kier alpha value is -2.78. The molecule has 0 saturated carbocycles. The standard InChI is InChI=1S/C17H15ClN4O4S/c1-21(9-12-8-13(22(24)25)2-3-14(12)18)16(23)5-4-15-19-20-17(26-15)11-6-7-27-10-11/h2-3,6-8,10H,4-5,9H2,1H3. The number of aryl methyl sites for hydroxylation is 1. The highest BCUT2D eigenvalue weighted by Gasteiger charge is 2.16. The van der Waals surface area contributed by atoms with E-state index in [0.717, 1.165) is 5.56 Å². The van der Waals surface area contributed by atoms with Gasteiger partial charge in [0.05, 0.1) is 4.92 Å². The van der Waals surface area contributed by atoms with Crippen LogP contribution in [0, 0.1) is 10.1 Å². The highest BCUT2D eigenvalue weighted by molar-refractivity contribution is 7.08. The molecule has 27 heavy (non-hydrogen) atoms. The third-order valence-electron chi connectivity index (χ3n) is 3.86. The van der Waals surface area contributed by atoms with Crippen LogP contribution in [0.3, 0.4) is 0 Å². The fourth-order valence-corrected chi connectivity index (χ4v) is 3.21. The van der Waals surface area contributed by atoms with Crippen molar-refractivity contribution in [3.63, 3.8) is 0 Å². The molecule has 0 atom stereocenters. The molecule has 0 fully saturated rings. The number of amides is 1. The SMILES string of the molecule is CN(Cc1cc([N+](=O)[O-])ccc1Cl)C(=O)CCc1nnc(-c2ccsc2)o1. The van der Waals surface area contributed by atoms with Crippen LogP contribution in [-0.4, -0.2) is 33.0 Å². The Bertz CT molecular complexity index is 958. The minimum absolute atomic E-state index is 0.0675. The van der Waals surface area contributed by atoms with Gasteiger partial charge >= 0.3 is 0 Å². The first-order valence-electron chi connectivity index (χ1n) is 7.96. The molecule has 1 amide bonds. The third kappa shape index (κ3) is 4.69. The van der Waals surface area contributed by atoms with Crippen LogP contribution in [0.1, 0.15) is 17.9 Å². The number of carbonyl (C=O) groups is 1. The van der Waals surface area contributed by atoms with E-state index in [1.807, 2.05) is 16.8 Å². The first-order valence-corrected chi connectivity index (χ1v) is 9.28. The molecular formula is C17H15ClN4O4S. The smallest absolute Gasteiger partial charge is 0.269 e. The van der Waals surface area contributed by atoms with Gasteiger partial charge in [0.2, 0.25) is 17.7 Å². The number of nitrogens with zero attached hydrogens (tertiary/aromatic N) is 4. The van der Waals surface area contributed by atoms with Gasteiger partial charge in [-0.15, -0.1) is 10.2 Å². The molecule has 0 radical (unpaired) electrons. The molecule has 0 saturated heterocycles. The van der Waals surface area contributed by atoms with E-state index in [-0.39, 0.29) is 24.6 Å². The lowest BCUT2D eigenvalue weighted by Gasteiger charge is -2.17. The van der Waals surface area contributed by atoms with Gasteiger partial charge in [-0.05, 0) is 23.1 Å². The molecule has 0 N–H and O–H groups in total. The maximum Gasteiger partial charge on any atom is 0.269 e. The molecule has 10 heteroatoms. The van der Waals surface area contributed by atoms with Crippen LogP contribution in [0.2, 0.25) is 5.02 Å². The summed E-state index contributed by atoms with van der Waals surface area (Å²) in [5.41, 5.74) is 1.30. The van der Waals surface area contributed by atoms with Gasteiger partial charge in [-0.1, -0.05) is 11.6 Å². The van der Waals surface area contributed by atoms with Crippen molar-refractivity contribution in [2.24, 2.45) is 0 Å². The minimum atomic E-state index is -0.498. The number of hydrogen-bond acceptors (Lipinski definition) is 7. The number of halogens is 1. The summed E-state index contributed by atoms with van der Waals surface area (Å²) in [5.74, 6) is 0.648. The lowest BCUT2D eigenvalue weighted by molar-refractivity contribution is -0.384. The highest BCUT2D eigenvalue weighted by atomic mass is 35.5. The zero-order chi connectivity index (χ0) is 19.4. The fraction of sp³-hybridized carbons (Fsp3) is 0.235. The van der Waals surface area contributed by atoms with E-state index in [9.17, 15) is 14.9 Å². The third-order valence-corrected chi connectivity index (χ3v) is 4.91.